The van der Waals surface area contributed by atoms with Crippen molar-refractivity contribution in [1.29, 1.82) is 0 Å². The quantitative estimate of drug-likeness (QED) is 0.434. The molecular formula is C27H38O5Si. The highest BCUT2D eigenvalue weighted by Crippen LogP contribution is 2.40. The Morgan fingerprint density at radius 1 is 0.909 bits per heavy atom. The Labute approximate surface area is 199 Å². The van der Waals surface area contributed by atoms with Crippen molar-refractivity contribution in [3.8, 4) is 0 Å². The van der Waals surface area contributed by atoms with Gasteiger partial charge in [0, 0.05) is 26.2 Å². The van der Waals surface area contributed by atoms with Gasteiger partial charge in [-0.25, -0.2) is 0 Å². The summed E-state index contributed by atoms with van der Waals surface area (Å²) in [4.78, 5) is 0. The molecule has 180 valence electrons. The van der Waals surface area contributed by atoms with Crippen LogP contribution in [0.15, 0.2) is 60.7 Å². The topological polar surface area (TPSA) is 46.2 Å². The van der Waals surface area contributed by atoms with Crippen LogP contribution in [0.4, 0.5) is 0 Å². The molecule has 0 aromatic heterocycles. The van der Waals surface area contributed by atoms with Gasteiger partial charge in [-0.05, 0) is 18.0 Å². The van der Waals surface area contributed by atoms with Crippen LogP contribution in [0.25, 0.3) is 0 Å². The minimum Gasteiger partial charge on any atom is -0.368 e. The zero-order valence-electron chi connectivity index (χ0n) is 20.3. The van der Waals surface area contributed by atoms with Gasteiger partial charge in [0.2, 0.25) is 0 Å². The highest BCUT2D eigenvalue weighted by atomic mass is 28.3. The van der Waals surface area contributed by atoms with Gasteiger partial charge in [-0.15, -0.1) is 0 Å². The largest absolute Gasteiger partial charge is 0.368 e. The highest BCUT2D eigenvalue weighted by Gasteiger charge is 2.50. The van der Waals surface area contributed by atoms with Gasteiger partial charge >= 0.3 is 0 Å². The summed E-state index contributed by atoms with van der Waals surface area (Å²) < 4.78 is 31.8. The third-order valence-corrected chi connectivity index (χ3v) is 8.15. The van der Waals surface area contributed by atoms with Crippen LogP contribution in [0.1, 0.15) is 30.8 Å². The van der Waals surface area contributed by atoms with Gasteiger partial charge in [-0.3, -0.25) is 0 Å². The second-order valence-corrected chi connectivity index (χ2v) is 15.9. The minimum atomic E-state index is -1.21. The predicted molar refractivity (Wildman–Crippen MR) is 132 cm³/mol. The van der Waals surface area contributed by atoms with E-state index in [0.29, 0.717) is 19.8 Å². The first-order chi connectivity index (χ1) is 15.9. The lowest BCUT2D eigenvalue weighted by atomic mass is 9.86. The first-order valence-electron chi connectivity index (χ1n) is 12.2. The molecule has 2 aromatic rings. The van der Waals surface area contributed by atoms with Gasteiger partial charge in [0.15, 0.2) is 12.6 Å². The molecular weight excluding hydrogens is 432 g/mol. The maximum Gasteiger partial charge on any atom is 0.184 e. The summed E-state index contributed by atoms with van der Waals surface area (Å²) in [7, 11) is -1.21. The molecule has 0 radical (unpaired) electrons. The molecule has 33 heavy (non-hydrogen) atoms. The van der Waals surface area contributed by atoms with Crippen LogP contribution >= 0.6 is 0 Å². The molecule has 0 bridgehead atoms. The van der Waals surface area contributed by atoms with E-state index in [1.54, 1.807) is 0 Å². The van der Waals surface area contributed by atoms with Crippen molar-refractivity contribution in [2.24, 2.45) is 5.92 Å². The Balaban J connectivity index is 1.50. The molecule has 0 amide bonds. The molecule has 6 atom stereocenters. The van der Waals surface area contributed by atoms with Gasteiger partial charge in [0.25, 0.3) is 0 Å². The first-order valence-corrected chi connectivity index (χ1v) is 15.9. The van der Waals surface area contributed by atoms with E-state index in [2.05, 4.69) is 38.7 Å². The maximum atomic E-state index is 6.50. The van der Waals surface area contributed by atoms with Crippen molar-refractivity contribution in [3.63, 3.8) is 0 Å². The average Bonchev–Trinajstić information content (AvgIpc) is 2.82. The van der Waals surface area contributed by atoms with Crippen molar-refractivity contribution in [2.45, 2.75) is 76.5 Å². The SMILES string of the molecule is CC[C@H]1[C@H]2OC(c3ccccc3)OC[C@H]2O[C@@H](OCC[Si](C)(C)C)[C@@H]1OCc1ccccc1. The summed E-state index contributed by atoms with van der Waals surface area (Å²) >= 11 is 0. The smallest absolute Gasteiger partial charge is 0.184 e. The summed E-state index contributed by atoms with van der Waals surface area (Å²) in [6.45, 7) is 11.0. The minimum absolute atomic E-state index is 0.105. The number of ether oxygens (including phenoxy) is 5. The van der Waals surface area contributed by atoms with Crippen LogP contribution in [-0.2, 0) is 30.3 Å². The van der Waals surface area contributed by atoms with Crippen LogP contribution in [-0.4, -0.2) is 45.9 Å². The number of rotatable bonds is 9. The summed E-state index contributed by atoms with van der Waals surface area (Å²) in [5.41, 5.74) is 2.17. The molecule has 6 heteroatoms. The molecule has 2 aliphatic heterocycles. The Kier molecular flexibility index (Phi) is 8.38. The molecule has 2 fully saturated rings. The zero-order chi connectivity index (χ0) is 23.3. The number of fused-ring (bicyclic) bond motifs is 1. The number of hydrogen-bond acceptors (Lipinski definition) is 5. The Hall–Kier alpha value is -1.54. The van der Waals surface area contributed by atoms with E-state index in [0.717, 1.165) is 23.6 Å². The Morgan fingerprint density at radius 2 is 1.61 bits per heavy atom. The predicted octanol–water partition coefficient (Wildman–Crippen LogP) is 5.79. The molecule has 2 heterocycles. The van der Waals surface area contributed by atoms with Gasteiger partial charge in [-0.1, -0.05) is 87.2 Å². The van der Waals surface area contributed by atoms with E-state index in [-0.39, 0.29) is 30.5 Å². The van der Waals surface area contributed by atoms with Gasteiger partial charge in [-0.2, -0.15) is 0 Å². The molecule has 2 aromatic carbocycles. The normalized spacial score (nSPS) is 30.1. The van der Waals surface area contributed by atoms with Crippen LogP contribution in [0, 0.1) is 5.92 Å². The molecule has 0 aliphatic carbocycles. The van der Waals surface area contributed by atoms with E-state index >= 15 is 0 Å². The average molecular weight is 471 g/mol. The van der Waals surface area contributed by atoms with E-state index in [4.69, 9.17) is 23.7 Å². The third kappa shape index (κ3) is 6.53. The van der Waals surface area contributed by atoms with E-state index < -0.39 is 14.4 Å². The van der Waals surface area contributed by atoms with Crippen molar-refractivity contribution in [1.82, 2.24) is 0 Å². The molecule has 2 saturated heterocycles. The van der Waals surface area contributed by atoms with E-state index in [1.807, 2.05) is 48.5 Å². The van der Waals surface area contributed by atoms with Gasteiger partial charge in [0.05, 0.1) is 19.3 Å². The third-order valence-electron chi connectivity index (χ3n) is 6.44. The van der Waals surface area contributed by atoms with Crippen molar-refractivity contribution in [3.05, 3.63) is 71.8 Å². The Morgan fingerprint density at radius 3 is 2.27 bits per heavy atom. The molecule has 5 nitrogen and oxygen atoms in total. The standard InChI is InChI=1S/C27H38O5Si/c1-5-22-24-23(19-30-26(32-24)21-14-10-7-11-15-21)31-27(28-16-17-33(2,3)4)25(22)29-18-20-12-8-6-9-13-20/h6-15,22-27H,5,16-19H2,1-4H3/t22-,23+,24+,25+,26?,27+/m0/s1. The molecule has 0 N–H and O–H groups in total. The van der Waals surface area contributed by atoms with E-state index in [1.165, 1.54) is 0 Å². The lowest BCUT2D eigenvalue weighted by Crippen LogP contribution is -2.60. The fourth-order valence-electron chi connectivity index (χ4n) is 4.51. The molecule has 4 rings (SSSR count). The number of benzene rings is 2. The molecule has 0 spiro atoms. The highest BCUT2D eigenvalue weighted by molar-refractivity contribution is 6.76. The van der Waals surface area contributed by atoms with E-state index in [9.17, 15) is 0 Å². The van der Waals surface area contributed by atoms with Crippen LogP contribution in [0.2, 0.25) is 25.7 Å². The van der Waals surface area contributed by atoms with Crippen LogP contribution in [0.5, 0.6) is 0 Å². The van der Waals surface area contributed by atoms with Gasteiger partial charge < -0.3 is 23.7 Å². The lowest BCUT2D eigenvalue weighted by Gasteiger charge is -2.49. The van der Waals surface area contributed by atoms with Gasteiger partial charge in [0.1, 0.15) is 12.2 Å². The van der Waals surface area contributed by atoms with Crippen molar-refractivity contribution in [2.75, 3.05) is 13.2 Å². The summed E-state index contributed by atoms with van der Waals surface area (Å²) in [5, 5.41) is 0. The molecule has 1 unspecified atom stereocenters. The molecule has 2 aliphatic rings. The molecule has 0 saturated carbocycles. The second kappa shape index (κ2) is 11.3. The summed E-state index contributed by atoms with van der Waals surface area (Å²) in [5.74, 6) is 0.152. The second-order valence-electron chi connectivity index (χ2n) is 10.2. The fraction of sp³-hybridized carbons (Fsp3) is 0.556. The Bertz CT molecular complexity index is 841. The van der Waals surface area contributed by atoms with Crippen LogP contribution in [0.3, 0.4) is 0 Å². The summed E-state index contributed by atoms with van der Waals surface area (Å²) in [6, 6.07) is 21.5. The maximum absolute atomic E-state index is 6.50. The van der Waals surface area contributed by atoms with Crippen LogP contribution < -0.4 is 0 Å². The fourth-order valence-corrected chi connectivity index (χ4v) is 5.24. The summed E-state index contributed by atoms with van der Waals surface area (Å²) in [6.07, 6.45) is -0.358. The monoisotopic (exact) mass is 470 g/mol. The number of hydrogen-bond donors (Lipinski definition) is 0. The first kappa shape index (κ1) is 24.6. The zero-order valence-corrected chi connectivity index (χ0v) is 21.3. The lowest BCUT2D eigenvalue weighted by molar-refractivity contribution is -0.359. The van der Waals surface area contributed by atoms with Crippen molar-refractivity contribution < 1.29 is 23.7 Å². The van der Waals surface area contributed by atoms with Crippen molar-refractivity contribution >= 4 is 8.07 Å².